The van der Waals surface area contributed by atoms with Crippen molar-refractivity contribution in [2.75, 3.05) is 11.9 Å². The second kappa shape index (κ2) is 7.97. The van der Waals surface area contributed by atoms with E-state index < -0.39 is 29.8 Å². The lowest BCUT2D eigenvalue weighted by molar-refractivity contribution is -0.136. The lowest BCUT2D eigenvalue weighted by atomic mass is 9.64. The molecular formula is C24H30FN5O3. The largest absolute Gasteiger partial charge is 0.325 e. The van der Waals surface area contributed by atoms with Gasteiger partial charge in [-0.3, -0.25) is 14.5 Å². The zero-order valence-electron chi connectivity index (χ0n) is 19.7. The van der Waals surface area contributed by atoms with Crippen LogP contribution < -0.4 is 10.6 Å². The van der Waals surface area contributed by atoms with Crippen LogP contribution in [0.3, 0.4) is 0 Å². The fraction of sp³-hybridized carbons (Fsp3) is 0.500. The van der Waals surface area contributed by atoms with E-state index in [1.165, 1.54) is 16.8 Å². The van der Waals surface area contributed by atoms with Crippen LogP contribution in [0.4, 0.5) is 14.9 Å². The SMILES string of the molecule is Cc1cc(C)n(-c2ccc(NC(=O)CN3C(=O)N[C@@]4(C[C@H](C)CC(C)(C)C4)C3=O)cc2F)n1. The molecule has 2 heterocycles. The Labute approximate surface area is 192 Å². The first-order chi connectivity index (χ1) is 15.4. The van der Waals surface area contributed by atoms with Crippen LogP contribution in [0.1, 0.15) is 51.4 Å². The summed E-state index contributed by atoms with van der Waals surface area (Å²) in [7, 11) is 0. The number of carbonyl (C=O) groups is 3. The molecule has 2 aliphatic rings. The van der Waals surface area contributed by atoms with Crippen molar-refractivity contribution in [1.29, 1.82) is 0 Å². The molecule has 1 saturated carbocycles. The average Bonchev–Trinajstić information content (AvgIpc) is 3.11. The molecule has 1 saturated heterocycles. The Kier molecular flexibility index (Phi) is 5.54. The molecule has 1 aromatic carbocycles. The number of carbonyl (C=O) groups excluding carboxylic acids is 3. The Morgan fingerprint density at radius 2 is 1.97 bits per heavy atom. The number of aromatic nitrogens is 2. The summed E-state index contributed by atoms with van der Waals surface area (Å²) < 4.78 is 16.2. The van der Waals surface area contributed by atoms with E-state index >= 15 is 0 Å². The summed E-state index contributed by atoms with van der Waals surface area (Å²) in [6.45, 7) is 9.47. The number of nitrogens with zero attached hydrogens (tertiary/aromatic N) is 3. The van der Waals surface area contributed by atoms with Gasteiger partial charge in [-0.2, -0.15) is 5.10 Å². The molecule has 0 unspecified atom stereocenters. The number of benzene rings is 1. The van der Waals surface area contributed by atoms with Gasteiger partial charge < -0.3 is 10.6 Å². The molecule has 2 fully saturated rings. The Morgan fingerprint density at radius 1 is 1.24 bits per heavy atom. The number of aryl methyl sites for hydroxylation is 2. The molecule has 4 rings (SSSR count). The Morgan fingerprint density at radius 3 is 2.58 bits per heavy atom. The van der Waals surface area contributed by atoms with Crippen LogP contribution in [-0.2, 0) is 9.59 Å². The lowest BCUT2D eigenvalue weighted by Gasteiger charge is -2.43. The Hall–Kier alpha value is -3.23. The third-order valence-corrected chi connectivity index (χ3v) is 6.40. The molecule has 33 heavy (non-hydrogen) atoms. The molecule has 4 amide bonds. The minimum absolute atomic E-state index is 0.0936. The number of rotatable bonds is 4. The van der Waals surface area contributed by atoms with E-state index in [9.17, 15) is 18.8 Å². The van der Waals surface area contributed by atoms with Crippen molar-refractivity contribution in [3.8, 4) is 5.69 Å². The molecule has 1 aromatic heterocycles. The monoisotopic (exact) mass is 455 g/mol. The molecule has 0 bridgehead atoms. The number of imide groups is 1. The molecule has 1 aliphatic heterocycles. The van der Waals surface area contributed by atoms with Crippen molar-refractivity contribution in [1.82, 2.24) is 20.0 Å². The van der Waals surface area contributed by atoms with Gasteiger partial charge in [-0.15, -0.1) is 0 Å². The minimum Gasteiger partial charge on any atom is -0.324 e. The van der Waals surface area contributed by atoms with Gasteiger partial charge in [0.05, 0.1) is 5.69 Å². The summed E-state index contributed by atoms with van der Waals surface area (Å²) in [6, 6.07) is 5.56. The molecule has 0 radical (unpaired) electrons. The van der Waals surface area contributed by atoms with Crippen molar-refractivity contribution < 1.29 is 18.8 Å². The highest BCUT2D eigenvalue weighted by Crippen LogP contribution is 2.46. The van der Waals surface area contributed by atoms with E-state index in [0.29, 0.717) is 12.8 Å². The molecule has 2 atom stereocenters. The van der Waals surface area contributed by atoms with Crippen LogP contribution in [-0.4, -0.2) is 44.6 Å². The number of nitrogens with one attached hydrogen (secondary N) is 2. The summed E-state index contributed by atoms with van der Waals surface area (Å²) >= 11 is 0. The van der Waals surface area contributed by atoms with E-state index in [0.717, 1.165) is 22.7 Å². The summed E-state index contributed by atoms with van der Waals surface area (Å²) in [5.74, 6) is -1.22. The van der Waals surface area contributed by atoms with Gasteiger partial charge in [-0.1, -0.05) is 20.8 Å². The highest BCUT2D eigenvalue weighted by molar-refractivity contribution is 6.10. The van der Waals surface area contributed by atoms with Gasteiger partial charge in [-0.25, -0.2) is 13.9 Å². The van der Waals surface area contributed by atoms with E-state index in [4.69, 9.17) is 0 Å². The molecule has 1 spiro atoms. The molecule has 9 heteroatoms. The molecule has 1 aliphatic carbocycles. The maximum Gasteiger partial charge on any atom is 0.325 e. The number of hydrogen-bond acceptors (Lipinski definition) is 4. The normalized spacial score (nSPS) is 24.3. The van der Waals surface area contributed by atoms with E-state index in [2.05, 4.69) is 36.5 Å². The van der Waals surface area contributed by atoms with Crippen LogP contribution in [0.15, 0.2) is 24.3 Å². The average molecular weight is 456 g/mol. The number of anilines is 1. The first kappa shape index (κ1) is 22.9. The van der Waals surface area contributed by atoms with E-state index in [1.807, 2.05) is 19.9 Å². The maximum atomic E-state index is 14.7. The van der Waals surface area contributed by atoms with Gasteiger partial charge in [0.2, 0.25) is 5.91 Å². The van der Waals surface area contributed by atoms with Crippen molar-refractivity contribution in [2.24, 2.45) is 11.3 Å². The fourth-order valence-corrected chi connectivity index (χ4v) is 5.62. The number of hydrogen-bond donors (Lipinski definition) is 2. The smallest absolute Gasteiger partial charge is 0.324 e. The highest BCUT2D eigenvalue weighted by Gasteiger charge is 2.56. The molecular weight excluding hydrogens is 425 g/mol. The number of urea groups is 1. The first-order valence-corrected chi connectivity index (χ1v) is 11.2. The van der Waals surface area contributed by atoms with Gasteiger partial charge in [0.15, 0.2) is 5.82 Å². The predicted molar refractivity (Wildman–Crippen MR) is 121 cm³/mol. The predicted octanol–water partition coefficient (Wildman–Crippen LogP) is 3.70. The fourth-order valence-electron chi connectivity index (χ4n) is 5.62. The van der Waals surface area contributed by atoms with Crippen molar-refractivity contribution >= 4 is 23.5 Å². The first-order valence-electron chi connectivity index (χ1n) is 11.2. The maximum absolute atomic E-state index is 14.7. The van der Waals surface area contributed by atoms with Gasteiger partial charge in [0.1, 0.15) is 17.8 Å². The van der Waals surface area contributed by atoms with Crippen molar-refractivity contribution in [3.63, 3.8) is 0 Å². The van der Waals surface area contributed by atoms with Gasteiger partial charge >= 0.3 is 6.03 Å². The third kappa shape index (κ3) is 4.36. The van der Waals surface area contributed by atoms with Crippen LogP contribution >= 0.6 is 0 Å². The highest BCUT2D eigenvalue weighted by atomic mass is 19.1. The zero-order chi connectivity index (χ0) is 24.1. The topological polar surface area (TPSA) is 96.3 Å². The van der Waals surface area contributed by atoms with Gasteiger partial charge in [0.25, 0.3) is 5.91 Å². The second-order valence-electron chi connectivity index (χ2n) is 10.3. The molecule has 2 N–H and O–H groups in total. The van der Waals surface area contributed by atoms with Crippen molar-refractivity contribution in [2.45, 2.75) is 59.4 Å². The van der Waals surface area contributed by atoms with Crippen LogP contribution in [0, 0.1) is 31.0 Å². The van der Waals surface area contributed by atoms with Crippen LogP contribution in [0.2, 0.25) is 0 Å². The van der Waals surface area contributed by atoms with E-state index in [-0.39, 0.29) is 28.6 Å². The van der Waals surface area contributed by atoms with Crippen molar-refractivity contribution in [3.05, 3.63) is 41.5 Å². The van der Waals surface area contributed by atoms with Gasteiger partial charge in [-0.05, 0) is 68.7 Å². The number of amides is 4. The van der Waals surface area contributed by atoms with Gasteiger partial charge in [0, 0.05) is 11.4 Å². The summed E-state index contributed by atoms with van der Waals surface area (Å²) in [4.78, 5) is 39.4. The molecule has 8 nitrogen and oxygen atoms in total. The second-order valence-corrected chi connectivity index (χ2v) is 10.3. The molecule has 176 valence electrons. The Balaban J connectivity index is 1.46. The third-order valence-electron chi connectivity index (χ3n) is 6.40. The number of halogens is 1. The van der Waals surface area contributed by atoms with E-state index in [1.54, 1.807) is 6.07 Å². The lowest BCUT2D eigenvalue weighted by Crippen LogP contribution is -2.54. The summed E-state index contributed by atoms with van der Waals surface area (Å²) in [5.41, 5.74) is 0.998. The quantitative estimate of drug-likeness (QED) is 0.687. The Bertz CT molecular complexity index is 1140. The zero-order valence-corrected chi connectivity index (χ0v) is 19.7. The summed E-state index contributed by atoms with van der Waals surface area (Å²) in [5, 5.41) is 9.71. The summed E-state index contributed by atoms with van der Waals surface area (Å²) in [6.07, 6.45) is 2.06. The minimum atomic E-state index is -0.966. The van der Waals surface area contributed by atoms with Crippen LogP contribution in [0.25, 0.3) is 5.69 Å². The standard InChI is InChI=1S/C24H30FN5O3/c1-14-10-23(4,5)13-24(11-14)21(32)29(22(33)27-24)12-20(31)26-17-6-7-19(18(25)9-17)30-16(3)8-15(2)28-30/h6-9,14H,10-13H2,1-5H3,(H,26,31)(H,27,33)/t14-,24-/m1/s1. The molecule has 2 aromatic rings. The van der Waals surface area contributed by atoms with Crippen LogP contribution in [0.5, 0.6) is 0 Å².